The maximum Gasteiger partial charge on any atom is 0.0381 e. The fourth-order valence-electron chi connectivity index (χ4n) is 1.84. The van der Waals surface area contributed by atoms with Crippen LogP contribution in [0.2, 0.25) is 0 Å². The van der Waals surface area contributed by atoms with Crippen LogP contribution in [0.4, 0.5) is 11.4 Å². The molecule has 2 heteroatoms. The van der Waals surface area contributed by atoms with Gasteiger partial charge in [-0.15, -0.1) is 0 Å². The fraction of sp³-hybridized carbons (Fsp3) is 0.571. The molecule has 0 heterocycles. The Morgan fingerprint density at radius 1 is 1.25 bits per heavy atom. The first-order valence-electron chi connectivity index (χ1n) is 6.21. The molecule has 1 aromatic carbocycles. The van der Waals surface area contributed by atoms with Crippen molar-refractivity contribution in [3.05, 3.63) is 24.3 Å². The van der Waals surface area contributed by atoms with E-state index in [1.165, 1.54) is 30.6 Å². The average Bonchev–Trinajstić information content (AvgIpc) is 2.29. The molecule has 1 N–H and O–H groups in total. The second-order valence-corrected chi connectivity index (χ2v) is 4.48. The molecule has 1 unspecified atom stereocenters. The van der Waals surface area contributed by atoms with E-state index in [0.717, 1.165) is 0 Å². The van der Waals surface area contributed by atoms with Gasteiger partial charge in [0, 0.05) is 31.5 Å². The molecular formula is C14H24N2. The number of rotatable bonds is 6. The molecule has 2 nitrogen and oxygen atoms in total. The minimum atomic E-state index is 0.599. The number of nitrogens with zero attached hydrogens (tertiary/aromatic N) is 1. The van der Waals surface area contributed by atoms with Crippen molar-refractivity contribution in [2.24, 2.45) is 0 Å². The first kappa shape index (κ1) is 12.9. The quantitative estimate of drug-likeness (QED) is 0.785. The standard InChI is InChI=1S/C14H24N2/c1-5-8-12(6-2)15-13-9-7-10-14(11-13)16(3)4/h7,9-12,15H,5-6,8H2,1-4H3. The third-order valence-electron chi connectivity index (χ3n) is 2.86. The highest BCUT2D eigenvalue weighted by Crippen LogP contribution is 2.19. The highest BCUT2D eigenvalue weighted by molar-refractivity contribution is 5.57. The summed E-state index contributed by atoms with van der Waals surface area (Å²) in [6.07, 6.45) is 3.65. The van der Waals surface area contributed by atoms with Crippen LogP contribution in [0.25, 0.3) is 0 Å². The molecule has 16 heavy (non-hydrogen) atoms. The number of anilines is 2. The van der Waals surface area contributed by atoms with E-state index < -0.39 is 0 Å². The van der Waals surface area contributed by atoms with Crippen LogP contribution in [0.5, 0.6) is 0 Å². The van der Waals surface area contributed by atoms with E-state index in [9.17, 15) is 0 Å². The first-order chi connectivity index (χ1) is 7.67. The summed E-state index contributed by atoms with van der Waals surface area (Å²) >= 11 is 0. The van der Waals surface area contributed by atoms with Crippen LogP contribution >= 0.6 is 0 Å². The van der Waals surface area contributed by atoms with Gasteiger partial charge in [0.05, 0.1) is 0 Å². The van der Waals surface area contributed by atoms with Gasteiger partial charge in [-0.3, -0.25) is 0 Å². The Balaban J connectivity index is 2.68. The lowest BCUT2D eigenvalue weighted by molar-refractivity contribution is 0.623. The molecule has 90 valence electrons. The Morgan fingerprint density at radius 3 is 2.56 bits per heavy atom. The molecule has 0 saturated heterocycles. The molecule has 1 aromatic rings. The molecule has 0 fully saturated rings. The molecule has 0 aromatic heterocycles. The van der Waals surface area contributed by atoms with Gasteiger partial charge in [-0.05, 0) is 31.0 Å². The van der Waals surface area contributed by atoms with Crippen LogP contribution in [0.1, 0.15) is 33.1 Å². The van der Waals surface area contributed by atoms with Gasteiger partial charge in [0.25, 0.3) is 0 Å². The normalized spacial score (nSPS) is 12.2. The summed E-state index contributed by atoms with van der Waals surface area (Å²) in [6, 6.07) is 9.19. The highest BCUT2D eigenvalue weighted by Gasteiger charge is 2.05. The Morgan fingerprint density at radius 2 is 2.00 bits per heavy atom. The largest absolute Gasteiger partial charge is 0.382 e. The van der Waals surface area contributed by atoms with Crippen LogP contribution in [0.15, 0.2) is 24.3 Å². The van der Waals surface area contributed by atoms with Crippen LogP contribution in [-0.4, -0.2) is 20.1 Å². The summed E-state index contributed by atoms with van der Waals surface area (Å²) in [4.78, 5) is 2.13. The molecule has 1 atom stereocenters. The lowest BCUT2D eigenvalue weighted by Gasteiger charge is -2.19. The van der Waals surface area contributed by atoms with Crippen LogP contribution < -0.4 is 10.2 Å². The molecule has 1 rings (SSSR count). The second kappa shape index (κ2) is 6.41. The third-order valence-corrected chi connectivity index (χ3v) is 2.86. The molecule has 0 bridgehead atoms. The third kappa shape index (κ3) is 3.76. The molecule has 0 aliphatic heterocycles. The summed E-state index contributed by atoms with van der Waals surface area (Å²) in [7, 11) is 4.14. The van der Waals surface area contributed by atoms with Crippen LogP contribution in [0, 0.1) is 0 Å². The SMILES string of the molecule is CCCC(CC)Nc1cccc(N(C)C)c1. The van der Waals surface area contributed by atoms with Crippen molar-refractivity contribution in [1.82, 2.24) is 0 Å². The molecule has 0 radical (unpaired) electrons. The van der Waals surface area contributed by atoms with Crippen LogP contribution in [0.3, 0.4) is 0 Å². The van der Waals surface area contributed by atoms with E-state index in [4.69, 9.17) is 0 Å². The molecule has 0 aliphatic carbocycles. The molecule has 0 spiro atoms. The summed E-state index contributed by atoms with van der Waals surface area (Å²) in [5, 5.41) is 3.60. The maximum atomic E-state index is 3.60. The zero-order valence-corrected chi connectivity index (χ0v) is 11.0. The van der Waals surface area contributed by atoms with Crippen molar-refractivity contribution in [2.45, 2.75) is 39.2 Å². The van der Waals surface area contributed by atoms with Gasteiger partial charge in [-0.1, -0.05) is 26.3 Å². The maximum absolute atomic E-state index is 3.60. The molecular weight excluding hydrogens is 196 g/mol. The molecule has 0 saturated carbocycles. The minimum absolute atomic E-state index is 0.599. The summed E-state index contributed by atoms with van der Waals surface area (Å²) < 4.78 is 0. The fourth-order valence-corrected chi connectivity index (χ4v) is 1.84. The van der Waals surface area contributed by atoms with Gasteiger partial charge in [-0.25, -0.2) is 0 Å². The predicted molar refractivity (Wildman–Crippen MR) is 73.4 cm³/mol. The van der Waals surface area contributed by atoms with E-state index in [1.807, 2.05) is 0 Å². The second-order valence-electron chi connectivity index (χ2n) is 4.48. The summed E-state index contributed by atoms with van der Waals surface area (Å²) in [6.45, 7) is 4.48. The van der Waals surface area contributed by atoms with Gasteiger partial charge in [0.2, 0.25) is 0 Å². The zero-order chi connectivity index (χ0) is 12.0. The van der Waals surface area contributed by atoms with Crippen molar-refractivity contribution in [3.8, 4) is 0 Å². The van der Waals surface area contributed by atoms with Crippen molar-refractivity contribution in [2.75, 3.05) is 24.3 Å². The lowest BCUT2D eigenvalue weighted by atomic mass is 10.1. The average molecular weight is 220 g/mol. The first-order valence-corrected chi connectivity index (χ1v) is 6.21. The van der Waals surface area contributed by atoms with E-state index in [-0.39, 0.29) is 0 Å². The smallest absolute Gasteiger partial charge is 0.0381 e. The highest BCUT2D eigenvalue weighted by atomic mass is 15.1. The van der Waals surface area contributed by atoms with Gasteiger partial charge in [0.1, 0.15) is 0 Å². The van der Waals surface area contributed by atoms with E-state index in [2.05, 4.69) is 62.4 Å². The number of hydrogen-bond donors (Lipinski definition) is 1. The lowest BCUT2D eigenvalue weighted by Crippen LogP contribution is -2.18. The van der Waals surface area contributed by atoms with Crippen molar-refractivity contribution >= 4 is 11.4 Å². The van der Waals surface area contributed by atoms with Crippen molar-refractivity contribution in [3.63, 3.8) is 0 Å². The Bertz CT molecular complexity index is 307. The number of benzene rings is 1. The van der Waals surface area contributed by atoms with E-state index in [0.29, 0.717) is 6.04 Å². The Labute approximate surface area is 99.7 Å². The topological polar surface area (TPSA) is 15.3 Å². The zero-order valence-electron chi connectivity index (χ0n) is 11.0. The number of hydrogen-bond acceptors (Lipinski definition) is 2. The van der Waals surface area contributed by atoms with Crippen molar-refractivity contribution in [1.29, 1.82) is 0 Å². The van der Waals surface area contributed by atoms with E-state index in [1.54, 1.807) is 0 Å². The number of nitrogens with one attached hydrogen (secondary N) is 1. The van der Waals surface area contributed by atoms with E-state index >= 15 is 0 Å². The van der Waals surface area contributed by atoms with Crippen LogP contribution in [-0.2, 0) is 0 Å². The van der Waals surface area contributed by atoms with Gasteiger partial charge in [0.15, 0.2) is 0 Å². The predicted octanol–water partition coefficient (Wildman–Crippen LogP) is 3.74. The summed E-state index contributed by atoms with van der Waals surface area (Å²) in [5.74, 6) is 0. The Kier molecular flexibility index (Phi) is 5.17. The van der Waals surface area contributed by atoms with Gasteiger partial charge in [-0.2, -0.15) is 0 Å². The molecule has 0 amide bonds. The summed E-state index contributed by atoms with van der Waals surface area (Å²) in [5.41, 5.74) is 2.47. The van der Waals surface area contributed by atoms with Gasteiger partial charge < -0.3 is 10.2 Å². The molecule has 0 aliphatic rings. The van der Waals surface area contributed by atoms with Crippen molar-refractivity contribution < 1.29 is 0 Å². The minimum Gasteiger partial charge on any atom is -0.382 e. The monoisotopic (exact) mass is 220 g/mol. The Hall–Kier alpha value is -1.18. The van der Waals surface area contributed by atoms with Gasteiger partial charge >= 0.3 is 0 Å².